The van der Waals surface area contributed by atoms with Gasteiger partial charge >= 0.3 is 0 Å². The Morgan fingerprint density at radius 3 is 2.55 bits per heavy atom. The van der Waals surface area contributed by atoms with Crippen LogP contribution in [0.15, 0.2) is 53.7 Å². The molecule has 0 aliphatic carbocycles. The summed E-state index contributed by atoms with van der Waals surface area (Å²) in [5.41, 5.74) is 1.07. The molecule has 162 valence electrons. The molecule has 0 fully saturated rings. The molecule has 2 amide bonds. The van der Waals surface area contributed by atoms with Crippen LogP contribution in [0.25, 0.3) is 0 Å². The molecule has 31 heavy (non-hydrogen) atoms. The lowest BCUT2D eigenvalue weighted by molar-refractivity contribution is -0.113. The second-order valence-electron chi connectivity index (χ2n) is 6.61. The van der Waals surface area contributed by atoms with Crippen molar-refractivity contribution in [1.29, 1.82) is 0 Å². The van der Waals surface area contributed by atoms with E-state index in [0.29, 0.717) is 38.8 Å². The highest BCUT2D eigenvalue weighted by molar-refractivity contribution is 7.99. The first-order valence-electron chi connectivity index (χ1n) is 9.55. The van der Waals surface area contributed by atoms with Gasteiger partial charge < -0.3 is 15.2 Å². The average molecular weight is 478 g/mol. The van der Waals surface area contributed by atoms with Crippen molar-refractivity contribution in [3.8, 4) is 0 Å². The maximum absolute atomic E-state index is 12.4. The van der Waals surface area contributed by atoms with Crippen LogP contribution in [0, 0.1) is 0 Å². The molecule has 10 heteroatoms. The van der Waals surface area contributed by atoms with Crippen LogP contribution in [0.2, 0.25) is 10.0 Å². The first-order chi connectivity index (χ1) is 14.9. The molecule has 0 aliphatic heterocycles. The number of aromatic nitrogens is 3. The molecule has 1 heterocycles. The Kier molecular flexibility index (Phi) is 7.95. The van der Waals surface area contributed by atoms with Crippen molar-refractivity contribution < 1.29 is 9.59 Å². The Labute approximate surface area is 194 Å². The largest absolute Gasteiger partial charge is 0.342 e. The van der Waals surface area contributed by atoms with E-state index in [0.717, 1.165) is 0 Å². The second-order valence-corrected chi connectivity index (χ2v) is 8.39. The summed E-state index contributed by atoms with van der Waals surface area (Å²) in [4.78, 5) is 24.8. The van der Waals surface area contributed by atoms with Crippen molar-refractivity contribution in [2.75, 3.05) is 11.1 Å². The highest BCUT2D eigenvalue weighted by Crippen LogP contribution is 2.26. The Balaban J connectivity index is 1.62. The number of hydrogen-bond donors (Lipinski definition) is 2. The summed E-state index contributed by atoms with van der Waals surface area (Å²) in [6.07, 6.45) is 0. The van der Waals surface area contributed by atoms with Crippen LogP contribution in [-0.4, -0.2) is 32.3 Å². The summed E-state index contributed by atoms with van der Waals surface area (Å²) in [5.74, 6) is 0.330. The van der Waals surface area contributed by atoms with Gasteiger partial charge in [-0.25, -0.2) is 0 Å². The van der Waals surface area contributed by atoms with Crippen molar-refractivity contribution in [2.45, 2.75) is 31.6 Å². The van der Waals surface area contributed by atoms with Crippen LogP contribution in [0.4, 0.5) is 5.69 Å². The number of rotatable bonds is 8. The van der Waals surface area contributed by atoms with E-state index in [1.165, 1.54) is 11.8 Å². The van der Waals surface area contributed by atoms with Crippen molar-refractivity contribution in [3.63, 3.8) is 0 Å². The normalized spacial score (nSPS) is 11.7. The first-order valence-corrected chi connectivity index (χ1v) is 11.3. The van der Waals surface area contributed by atoms with Crippen molar-refractivity contribution in [2.24, 2.45) is 0 Å². The zero-order valence-electron chi connectivity index (χ0n) is 16.9. The SMILES string of the molecule is CCn1c(SCC(=O)Nc2ccc(Cl)cc2Cl)nnc1[C@@H](C)NC(=O)c1ccccc1. The summed E-state index contributed by atoms with van der Waals surface area (Å²) in [6.45, 7) is 4.40. The van der Waals surface area contributed by atoms with E-state index in [2.05, 4.69) is 20.8 Å². The van der Waals surface area contributed by atoms with Gasteiger partial charge in [-0.2, -0.15) is 0 Å². The average Bonchev–Trinajstić information content (AvgIpc) is 3.18. The van der Waals surface area contributed by atoms with Gasteiger partial charge in [-0.15, -0.1) is 10.2 Å². The van der Waals surface area contributed by atoms with E-state index < -0.39 is 0 Å². The molecule has 0 bridgehead atoms. The van der Waals surface area contributed by atoms with E-state index in [4.69, 9.17) is 23.2 Å². The van der Waals surface area contributed by atoms with Gasteiger partial charge in [-0.3, -0.25) is 9.59 Å². The lowest BCUT2D eigenvalue weighted by atomic mass is 10.2. The van der Waals surface area contributed by atoms with E-state index >= 15 is 0 Å². The molecule has 0 radical (unpaired) electrons. The summed E-state index contributed by atoms with van der Waals surface area (Å²) < 4.78 is 1.88. The van der Waals surface area contributed by atoms with Crippen LogP contribution in [0.5, 0.6) is 0 Å². The number of nitrogens with one attached hydrogen (secondary N) is 2. The predicted octanol–water partition coefficient (Wildman–Crippen LogP) is 4.83. The van der Waals surface area contributed by atoms with Crippen LogP contribution in [0.3, 0.4) is 0 Å². The minimum atomic E-state index is -0.351. The molecule has 0 unspecified atom stereocenters. The van der Waals surface area contributed by atoms with Gasteiger partial charge in [0.1, 0.15) is 0 Å². The number of hydrogen-bond acceptors (Lipinski definition) is 5. The first kappa shape index (κ1) is 23.1. The Hall–Kier alpha value is -2.55. The molecule has 0 spiro atoms. The molecule has 3 rings (SSSR count). The Morgan fingerprint density at radius 1 is 1.13 bits per heavy atom. The van der Waals surface area contributed by atoms with Gasteiger partial charge in [-0.1, -0.05) is 53.2 Å². The maximum Gasteiger partial charge on any atom is 0.251 e. The molecule has 2 aromatic carbocycles. The summed E-state index contributed by atoms with van der Waals surface area (Å²) in [7, 11) is 0. The second kappa shape index (κ2) is 10.7. The third kappa shape index (κ3) is 6.00. The number of amides is 2. The lowest BCUT2D eigenvalue weighted by Crippen LogP contribution is -2.28. The number of anilines is 1. The topological polar surface area (TPSA) is 88.9 Å². The minimum Gasteiger partial charge on any atom is -0.342 e. The molecule has 2 N–H and O–H groups in total. The van der Waals surface area contributed by atoms with Gasteiger partial charge in [0.05, 0.1) is 22.5 Å². The van der Waals surface area contributed by atoms with Gasteiger partial charge in [0, 0.05) is 17.1 Å². The van der Waals surface area contributed by atoms with Crippen LogP contribution in [0.1, 0.15) is 36.1 Å². The van der Waals surface area contributed by atoms with E-state index in [1.54, 1.807) is 30.3 Å². The van der Waals surface area contributed by atoms with E-state index in [1.807, 2.05) is 36.6 Å². The number of thioether (sulfide) groups is 1. The molecule has 1 atom stereocenters. The fourth-order valence-corrected chi connectivity index (χ4v) is 4.13. The number of nitrogens with zero attached hydrogens (tertiary/aromatic N) is 3. The van der Waals surface area contributed by atoms with Crippen LogP contribution in [-0.2, 0) is 11.3 Å². The van der Waals surface area contributed by atoms with E-state index in [9.17, 15) is 9.59 Å². The van der Waals surface area contributed by atoms with Crippen LogP contribution >= 0.6 is 35.0 Å². The fraction of sp³-hybridized carbons (Fsp3) is 0.238. The Morgan fingerprint density at radius 2 is 1.87 bits per heavy atom. The third-order valence-electron chi connectivity index (χ3n) is 4.37. The highest BCUT2D eigenvalue weighted by Gasteiger charge is 2.20. The molecule has 0 saturated carbocycles. The standard InChI is InChI=1S/C21H21Cl2N5O2S/c1-3-28-19(13(2)24-20(30)14-7-5-4-6-8-14)26-27-21(28)31-12-18(29)25-17-10-9-15(22)11-16(17)23/h4-11,13H,3,12H2,1-2H3,(H,24,30)(H,25,29)/t13-/m1/s1. The summed E-state index contributed by atoms with van der Waals surface area (Å²) in [6, 6.07) is 13.5. The zero-order valence-corrected chi connectivity index (χ0v) is 19.3. The molecule has 0 saturated heterocycles. The molecular formula is C21H21Cl2N5O2S. The molecule has 7 nitrogen and oxygen atoms in total. The minimum absolute atomic E-state index is 0.127. The Bertz CT molecular complexity index is 1070. The zero-order chi connectivity index (χ0) is 22.4. The monoisotopic (exact) mass is 477 g/mol. The molecule has 1 aromatic heterocycles. The highest BCUT2D eigenvalue weighted by atomic mass is 35.5. The number of benzene rings is 2. The third-order valence-corrected chi connectivity index (χ3v) is 5.88. The number of carbonyl (C=O) groups is 2. The van der Waals surface area contributed by atoms with Gasteiger partial charge in [-0.05, 0) is 44.2 Å². The van der Waals surface area contributed by atoms with Crippen molar-refractivity contribution in [1.82, 2.24) is 20.1 Å². The quantitative estimate of drug-likeness (QED) is 0.453. The van der Waals surface area contributed by atoms with Gasteiger partial charge in [0.2, 0.25) is 5.91 Å². The van der Waals surface area contributed by atoms with E-state index in [-0.39, 0.29) is 23.6 Å². The molecule has 0 aliphatic rings. The summed E-state index contributed by atoms with van der Waals surface area (Å²) >= 11 is 13.2. The van der Waals surface area contributed by atoms with Crippen molar-refractivity contribution in [3.05, 3.63) is 70.0 Å². The van der Waals surface area contributed by atoms with Crippen LogP contribution < -0.4 is 10.6 Å². The van der Waals surface area contributed by atoms with Gasteiger partial charge in [0.25, 0.3) is 5.91 Å². The van der Waals surface area contributed by atoms with Crippen molar-refractivity contribution >= 4 is 52.5 Å². The predicted molar refractivity (Wildman–Crippen MR) is 124 cm³/mol. The summed E-state index contributed by atoms with van der Waals surface area (Å²) in [5, 5.41) is 15.6. The smallest absolute Gasteiger partial charge is 0.251 e. The molecule has 3 aromatic rings. The molecular weight excluding hydrogens is 457 g/mol. The number of halogens is 2. The lowest BCUT2D eigenvalue weighted by Gasteiger charge is -2.15. The van der Waals surface area contributed by atoms with Gasteiger partial charge in [0.15, 0.2) is 11.0 Å². The number of carbonyl (C=O) groups excluding carboxylic acids is 2. The maximum atomic E-state index is 12.4. The fourth-order valence-electron chi connectivity index (χ4n) is 2.87.